The van der Waals surface area contributed by atoms with Crippen LogP contribution in [0.5, 0.6) is 0 Å². The molecule has 0 aliphatic heterocycles. The number of hydrogen-bond donors (Lipinski definition) is 0. The smallest absolute Gasteiger partial charge is 1.00 e. The topological polar surface area (TPSA) is 0 Å². The van der Waals surface area contributed by atoms with Crippen molar-refractivity contribution in [3.63, 3.8) is 0 Å². The monoisotopic (exact) mass is 856 g/mol. The van der Waals surface area contributed by atoms with Gasteiger partial charge >= 0.3 is 43.4 Å². The van der Waals surface area contributed by atoms with Crippen molar-refractivity contribution in [2.75, 3.05) is 0 Å². The van der Waals surface area contributed by atoms with Gasteiger partial charge in [-0.25, -0.2) is 23.3 Å². The van der Waals surface area contributed by atoms with Gasteiger partial charge in [0.1, 0.15) is 14.4 Å². The van der Waals surface area contributed by atoms with Gasteiger partial charge in [0.25, 0.3) is 0 Å². The molecule has 0 N–H and O–H groups in total. The molecule has 0 heterocycles. The van der Waals surface area contributed by atoms with Crippen molar-refractivity contribution in [2.24, 2.45) is 21.7 Å². The molecule has 0 aromatic rings. The second kappa shape index (κ2) is 19.3. The molecule has 0 aromatic heterocycles. The molecule has 0 nitrogen and oxygen atoms in total. The summed E-state index contributed by atoms with van der Waals surface area (Å²) in [6.07, 6.45) is 34.7. The third-order valence-electron chi connectivity index (χ3n) is 9.81. The SMILES string of the molecule is CC(C)(C)C1=CC=CCC1(S[Si](C)(C)C)C(C)(C)C1=[C-]CC=C1.CC(C)(C)C1=CC=CCC1(S[Si](C)(C)C)C(C)(C)C1=[C-]CC=C1.[Cl-].[Cl-].[Ti+2].[Ti+2]. The summed E-state index contributed by atoms with van der Waals surface area (Å²) in [4.78, 5) is 0. The first-order valence-corrected chi connectivity index (χ1v) is 27.6. The van der Waals surface area contributed by atoms with Gasteiger partial charge in [0.15, 0.2) is 0 Å². The zero-order valence-corrected chi connectivity index (χ0v) is 42.4. The van der Waals surface area contributed by atoms with Gasteiger partial charge in [0.05, 0.1) is 0 Å². The fraction of sp³-hybridized carbons (Fsp3) is 0.619. The number of hydrogen-bond acceptors (Lipinski definition) is 2. The number of rotatable bonds is 8. The van der Waals surface area contributed by atoms with Crippen molar-refractivity contribution in [3.05, 3.63) is 95.2 Å². The Bertz CT molecular complexity index is 1280. The molecule has 4 aliphatic rings. The van der Waals surface area contributed by atoms with E-state index in [9.17, 15) is 0 Å². The second-order valence-electron chi connectivity index (χ2n) is 18.7. The normalized spacial score (nSPS) is 23.5. The Kier molecular flexibility index (Phi) is 20.5. The molecule has 2 atom stereocenters. The van der Waals surface area contributed by atoms with Gasteiger partial charge in [-0.2, -0.15) is 34.6 Å². The van der Waals surface area contributed by atoms with Crippen molar-refractivity contribution < 1.29 is 68.2 Å². The van der Waals surface area contributed by atoms with Crippen LogP contribution in [0.4, 0.5) is 0 Å². The first-order valence-electron chi connectivity index (χ1n) is 17.5. The minimum atomic E-state index is -1.32. The van der Waals surface area contributed by atoms with Crippen LogP contribution in [-0.4, -0.2) is 23.9 Å². The maximum atomic E-state index is 3.63. The van der Waals surface area contributed by atoms with E-state index in [1.54, 1.807) is 11.1 Å². The minimum absolute atomic E-state index is 0. The van der Waals surface area contributed by atoms with Crippen LogP contribution in [0.3, 0.4) is 0 Å². The van der Waals surface area contributed by atoms with Crippen LogP contribution in [0.2, 0.25) is 39.3 Å². The van der Waals surface area contributed by atoms with E-state index in [0.717, 1.165) is 25.7 Å². The van der Waals surface area contributed by atoms with Gasteiger partial charge in [-0.15, -0.1) is 12.8 Å². The van der Waals surface area contributed by atoms with Crippen LogP contribution in [-0.2, 0) is 43.4 Å². The maximum Gasteiger partial charge on any atom is 2.00 e. The van der Waals surface area contributed by atoms with Crippen LogP contribution in [0.15, 0.2) is 83.1 Å². The van der Waals surface area contributed by atoms with E-state index in [-0.39, 0.29) is 99.4 Å². The number of halogens is 2. The maximum absolute atomic E-state index is 3.63. The summed E-state index contributed by atoms with van der Waals surface area (Å²) in [6.45, 7) is 38.9. The molecule has 4 aliphatic carbocycles. The molecule has 0 saturated heterocycles. The van der Waals surface area contributed by atoms with Crippen LogP contribution >= 0.6 is 22.4 Å². The average molecular weight is 858 g/mol. The van der Waals surface area contributed by atoms with Crippen molar-refractivity contribution >= 4 is 36.9 Å². The van der Waals surface area contributed by atoms with Gasteiger partial charge in [0, 0.05) is 9.49 Å². The summed E-state index contributed by atoms with van der Waals surface area (Å²) in [5.74, 6) is 0. The van der Waals surface area contributed by atoms with E-state index in [0.29, 0.717) is 0 Å². The quantitative estimate of drug-likeness (QED) is 0.180. The summed E-state index contributed by atoms with van der Waals surface area (Å²) in [5.41, 5.74) is 6.50. The third-order valence-corrected chi connectivity index (χ3v) is 19.3. The summed E-state index contributed by atoms with van der Waals surface area (Å²) < 4.78 is 0.253. The first-order chi connectivity index (χ1) is 20.8. The van der Waals surface area contributed by atoms with Crippen molar-refractivity contribution in [1.82, 2.24) is 0 Å². The van der Waals surface area contributed by atoms with E-state index in [2.05, 4.69) is 204 Å². The Hall–Kier alpha value is 1.06. The van der Waals surface area contributed by atoms with E-state index in [1.807, 2.05) is 0 Å². The molecular formula is C42H66Cl2S2Si2Ti2. The molecule has 0 saturated carbocycles. The van der Waals surface area contributed by atoms with Crippen molar-refractivity contribution in [1.29, 1.82) is 0 Å². The molecular weight excluding hydrogens is 791 g/mol. The molecule has 0 amide bonds. The fourth-order valence-corrected chi connectivity index (χ4v) is 20.9. The Morgan fingerprint density at radius 2 is 0.840 bits per heavy atom. The molecule has 0 aromatic carbocycles. The molecule has 0 bridgehead atoms. The molecule has 0 fully saturated rings. The third kappa shape index (κ3) is 12.0. The van der Waals surface area contributed by atoms with Gasteiger partial charge < -0.3 is 24.8 Å². The summed E-state index contributed by atoms with van der Waals surface area (Å²) in [6, 6.07) is 0. The van der Waals surface area contributed by atoms with Crippen LogP contribution in [0, 0.1) is 33.8 Å². The summed E-state index contributed by atoms with van der Waals surface area (Å²) >= 11 is 4.56. The molecule has 0 radical (unpaired) electrons. The predicted molar refractivity (Wildman–Crippen MR) is 219 cm³/mol. The summed E-state index contributed by atoms with van der Waals surface area (Å²) in [5, 5.41) is 0. The van der Waals surface area contributed by atoms with Crippen LogP contribution in [0.25, 0.3) is 0 Å². The molecule has 0 spiro atoms. The van der Waals surface area contributed by atoms with E-state index >= 15 is 0 Å². The molecule has 8 heteroatoms. The molecule has 276 valence electrons. The molecule has 4 rings (SSSR count). The Morgan fingerprint density at radius 1 is 0.540 bits per heavy atom. The first kappa shape index (κ1) is 53.2. The van der Waals surface area contributed by atoms with Gasteiger partial charge in [-0.1, -0.05) is 145 Å². The van der Waals surface area contributed by atoms with Crippen molar-refractivity contribution in [2.45, 2.75) is 144 Å². The average Bonchev–Trinajstić information content (AvgIpc) is 3.62. The van der Waals surface area contributed by atoms with Gasteiger partial charge in [-0.05, 0) is 45.6 Å². The zero-order chi connectivity index (χ0) is 35.0. The van der Waals surface area contributed by atoms with Crippen LogP contribution < -0.4 is 24.8 Å². The van der Waals surface area contributed by atoms with Crippen molar-refractivity contribution in [3.8, 4) is 0 Å². The standard InChI is InChI=1S/2C21H33SSi.2ClH.2Ti/c2*1-19(2,3)18-15-11-12-16-21(18,22-23(6,7)8)20(4,5)17-13-9-10-14-17;;;;/h2*9,11-13,15H,10,16H2,1-8H3;2*1H;;/q2*-1;;;2*+2/p-2. The Morgan fingerprint density at radius 3 is 1.06 bits per heavy atom. The Labute approximate surface area is 362 Å². The van der Waals surface area contributed by atoms with Gasteiger partial charge in [-0.3, -0.25) is 12.2 Å². The number of allylic oxidation sites excluding steroid dienone is 14. The fourth-order valence-electron chi connectivity index (χ4n) is 7.78. The summed E-state index contributed by atoms with van der Waals surface area (Å²) in [7, 11) is -2.64. The van der Waals surface area contributed by atoms with E-state index in [4.69, 9.17) is 0 Å². The van der Waals surface area contributed by atoms with E-state index in [1.165, 1.54) is 11.1 Å². The van der Waals surface area contributed by atoms with Crippen LogP contribution in [0.1, 0.15) is 94.9 Å². The van der Waals surface area contributed by atoms with E-state index < -0.39 is 14.4 Å². The minimum Gasteiger partial charge on any atom is -1.00 e. The molecule has 2 unspecified atom stereocenters. The van der Waals surface area contributed by atoms with Gasteiger partial charge in [0.2, 0.25) is 0 Å². The Balaban J connectivity index is 0. The molecule has 50 heavy (non-hydrogen) atoms. The second-order valence-corrected chi connectivity index (χ2v) is 37.5. The largest absolute Gasteiger partial charge is 2.00 e. The zero-order valence-electron chi connectivity index (χ0n) is 34.2. The predicted octanol–water partition coefficient (Wildman–Crippen LogP) is 7.89.